The van der Waals surface area contributed by atoms with Gasteiger partial charge in [-0.25, -0.2) is 0 Å². The molecule has 1 aliphatic rings. The summed E-state index contributed by atoms with van der Waals surface area (Å²) in [4.78, 5) is 19.9. The number of carbonyl (C=O) groups excluding carboxylic acids is 1. The Hall–Kier alpha value is -4.20. The normalized spacial score (nSPS) is 15.2. The van der Waals surface area contributed by atoms with Gasteiger partial charge in [0.1, 0.15) is 0 Å². The number of carbonyl (C=O) groups is 1. The first-order valence-corrected chi connectivity index (χ1v) is 13.4. The van der Waals surface area contributed by atoms with Crippen molar-refractivity contribution in [1.82, 2.24) is 9.88 Å². The number of benzene rings is 3. The van der Waals surface area contributed by atoms with Crippen LogP contribution >= 0.6 is 0 Å². The Bertz CT molecular complexity index is 1650. The third-order valence-electron chi connectivity index (χ3n) is 7.53. The van der Waals surface area contributed by atoms with E-state index in [2.05, 4.69) is 15.2 Å². The molecule has 1 aromatic heterocycles. The molecule has 14 heteroatoms. The van der Waals surface area contributed by atoms with Crippen molar-refractivity contribution in [2.45, 2.75) is 24.9 Å². The maximum Gasteiger partial charge on any atom is 0.417 e. The third-order valence-corrected chi connectivity index (χ3v) is 7.53. The molecule has 0 unspecified atom stereocenters. The molecule has 0 atom stereocenters. The number of hydrogen-bond acceptors (Lipinski definition) is 3. The van der Waals surface area contributed by atoms with Crippen LogP contribution in [0.4, 0.5) is 50.9 Å². The second kappa shape index (κ2) is 11.7. The molecule has 1 amide bonds. The molecule has 1 fully saturated rings. The van der Waals surface area contributed by atoms with Crippen LogP contribution in [0.25, 0.3) is 10.9 Å². The number of nitrogens with zero attached hydrogens (tertiary/aromatic N) is 2. The molecule has 0 radical (unpaired) electrons. The van der Waals surface area contributed by atoms with Gasteiger partial charge < -0.3 is 15.2 Å². The minimum atomic E-state index is -5.19. The number of aromatic amines is 1. The lowest BCUT2D eigenvalue weighted by Crippen LogP contribution is -2.47. The molecule has 5 nitrogen and oxygen atoms in total. The smallest absolute Gasteiger partial charge is 0.369 e. The van der Waals surface area contributed by atoms with Gasteiger partial charge in [-0.3, -0.25) is 9.69 Å². The number of rotatable bonds is 6. The van der Waals surface area contributed by atoms with Gasteiger partial charge in [0.2, 0.25) is 0 Å². The summed E-state index contributed by atoms with van der Waals surface area (Å²) < 4.78 is 119. The van der Waals surface area contributed by atoms with Crippen LogP contribution in [0.3, 0.4) is 0 Å². The van der Waals surface area contributed by atoms with E-state index in [1.165, 1.54) is 12.1 Å². The Morgan fingerprint density at radius 3 is 2.11 bits per heavy atom. The predicted octanol–water partition coefficient (Wildman–Crippen LogP) is 7.84. The molecule has 3 aromatic carbocycles. The van der Waals surface area contributed by atoms with Crippen molar-refractivity contribution in [2.75, 3.05) is 42.9 Å². The van der Waals surface area contributed by atoms with Crippen LogP contribution in [0.2, 0.25) is 0 Å². The molecule has 1 aliphatic heterocycles. The maximum atomic E-state index is 13.5. The zero-order chi connectivity index (χ0) is 31.9. The fraction of sp³-hybridized carbons (Fsp3) is 0.300. The van der Waals surface area contributed by atoms with E-state index in [0.717, 1.165) is 17.7 Å². The largest absolute Gasteiger partial charge is 0.417 e. The molecule has 0 aliphatic carbocycles. The minimum absolute atomic E-state index is 0.0815. The Balaban J connectivity index is 1.24. The number of hydrogen-bond donors (Lipinski definition) is 2. The highest BCUT2D eigenvalue weighted by atomic mass is 19.4. The van der Waals surface area contributed by atoms with Gasteiger partial charge in [0.15, 0.2) is 0 Å². The summed E-state index contributed by atoms with van der Waals surface area (Å²) >= 11 is 0. The van der Waals surface area contributed by atoms with Gasteiger partial charge in [0.25, 0.3) is 5.91 Å². The van der Waals surface area contributed by atoms with E-state index < -0.39 is 46.7 Å². The molecular formula is C30H25F9N4O. The van der Waals surface area contributed by atoms with E-state index in [9.17, 15) is 44.3 Å². The summed E-state index contributed by atoms with van der Waals surface area (Å²) in [6.45, 7) is 2.94. The Morgan fingerprint density at radius 1 is 0.773 bits per heavy atom. The molecule has 234 valence electrons. The van der Waals surface area contributed by atoms with Crippen molar-refractivity contribution < 1.29 is 44.3 Å². The number of anilines is 2. The molecule has 0 spiro atoms. The molecule has 2 N–H and O–H groups in total. The highest BCUT2D eigenvalue weighted by Gasteiger charge is 2.39. The lowest BCUT2D eigenvalue weighted by atomic mass is 10.0. The lowest BCUT2D eigenvalue weighted by molar-refractivity contribution is -0.143. The van der Waals surface area contributed by atoms with E-state index in [-0.39, 0.29) is 11.8 Å². The van der Waals surface area contributed by atoms with Crippen LogP contribution in [0, 0.1) is 0 Å². The number of amides is 1. The lowest BCUT2D eigenvalue weighted by Gasteiger charge is -2.36. The molecule has 4 aromatic rings. The van der Waals surface area contributed by atoms with Crippen molar-refractivity contribution in [2.24, 2.45) is 0 Å². The van der Waals surface area contributed by atoms with Crippen LogP contribution in [-0.4, -0.2) is 48.5 Å². The molecule has 0 saturated carbocycles. The fourth-order valence-corrected chi connectivity index (χ4v) is 5.20. The van der Waals surface area contributed by atoms with Crippen LogP contribution in [0.5, 0.6) is 0 Å². The minimum Gasteiger partial charge on any atom is -0.369 e. The second-order valence-corrected chi connectivity index (χ2v) is 10.4. The van der Waals surface area contributed by atoms with Crippen molar-refractivity contribution >= 4 is 28.2 Å². The van der Waals surface area contributed by atoms with Crippen LogP contribution < -0.4 is 10.2 Å². The van der Waals surface area contributed by atoms with Crippen LogP contribution in [-0.2, 0) is 24.9 Å². The summed E-state index contributed by atoms with van der Waals surface area (Å²) in [6.07, 6.45) is -12.3. The molecule has 1 saturated heterocycles. The zero-order valence-corrected chi connectivity index (χ0v) is 22.8. The van der Waals surface area contributed by atoms with Gasteiger partial charge in [0, 0.05) is 61.2 Å². The first-order valence-electron chi connectivity index (χ1n) is 13.4. The van der Waals surface area contributed by atoms with Gasteiger partial charge in [-0.1, -0.05) is 6.07 Å². The topological polar surface area (TPSA) is 51.4 Å². The average Bonchev–Trinajstić information content (AvgIpc) is 3.37. The summed E-state index contributed by atoms with van der Waals surface area (Å²) in [7, 11) is 0. The van der Waals surface area contributed by atoms with Gasteiger partial charge in [-0.2, -0.15) is 39.5 Å². The number of halogens is 9. The summed E-state index contributed by atoms with van der Waals surface area (Å²) in [5.41, 5.74) is -2.62. The van der Waals surface area contributed by atoms with Crippen molar-refractivity contribution in [3.8, 4) is 0 Å². The highest BCUT2D eigenvalue weighted by Crippen LogP contribution is 2.38. The average molecular weight is 629 g/mol. The summed E-state index contributed by atoms with van der Waals surface area (Å²) in [6, 6.07) is 10.7. The number of piperazine rings is 1. The van der Waals surface area contributed by atoms with Gasteiger partial charge in [-0.15, -0.1) is 0 Å². The van der Waals surface area contributed by atoms with Crippen LogP contribution in [0.1, 0.15) is 32.6 Å². The third kappa shape index (κ3) is 6.95. The van der Waals surface area contributed by atoms with E-state index >= 15 is 0 Å². The zero-order valence-electron chi connectivity index (χ0n) is 22.8. The van der Waals surface area contributed by atoms with Crippen molar-refractivity contribution in [3.63, 3.8) is 0 Å². The Labute approximate surface area is 245 Å². The number of aromatic nitrogens is 1. The SMILES string of the molecule is O=C(Nc1ccc2[nH]cc(CCN3CCN(c4cccc(C(F)(F)F)c4)CC3)c2c1)c1ccc(C(F)(F)F)cc1C(F)(F)F. The number of fused-ring (bicyclic) bond motifs is 1. The maximum absolute atomic E-state index is 13.5. The predicted molar refractivity (Wildman–Crippen MR) is 146 cm³/mol. The van der Waals surface area contributed by atoms with Crippen molar-refractivity contribution in [1.29, 1.82) is 0 Å². The molecule has 0 bridgehead atoms. The van der Waals surface area contributed by atoms with Gasteiger partial charge >= 0.3 is 18.5 Å². The number of H-pyrrole nitrogens is 1. The fourth-order valence-electron chi connectivity index (χ4n) is 5.20. The Kier molecular flexibility index (Phi) is 8.31. The van der Waals surface area contributed by atoms with E-state index in [1.807, 2.05) is 4.90 Å². The first kappa shape index (κ1) is 31.2. The number of nitrogens with one attached hydrogen (secondary N) is 2. The highest BCUT2D eigenvalue weighted by molar-refractivity contribution is 6.06. The summed E-state index contributed by atoms with van der Waals surface area (Å²) in [5.74, 6) is -1.21. The van der Waals surface area contributed by atoms with E-state index in [0.29, 0.717) is 67.9 Å². The van der Waals surface area contributed by atoms with E-state index in [4.69, 9.17) is 0 Å². The first-order chi connectivity index (χ1) is 20.6. The van der Waals surface area contributed by atoms with E-state index in [1.54, 1.807) is 24.4 Å². The molecule has 44 heavy (non-hydrogen) atoms. The standard InChI is InChI=1S/C30H25F9N4O/c31-28(32,33)19-2-1-3-22(14-19)43-12-10-42(11-13-43)9-8-18-17-40-26-7-5-21(16-24(18)26)41-27(44)23-6-4-20(29(34,35)36)15-25(23)30(37,38)39/h1-7,14-17,40H,8-13H2,(H,41,44). The monoisotopic (exact) mass is 628 g/mol. The molecule has 5 rings (SSSR count). The van der Waals surface area contributed by atoms with Gasteiger partial charge in [0.05, 0.1) is 22.3 Å². The molecule has 2 heterocycles. The molecular weight excluding hydrogens is 603 g/mol. The van der Waals surface area contributed by atoms with Crippen molar-refractivity contribution in [3.05, 3.63) is 94.7 Å². The van der Waals surface area contributed by atoms with Gasteiger partial charge in [-0.05, 0) is 66.6 Å². The Morgan fingerprint density at radius 2 is 1.45 bits per heavy atom. The second-order valence-electron chi connectivity index (χ2n) is 10.4. The number of alkyl halides is 9. The summed E-state index contributed by atoms with van der Waals surface area (Å²) in [5, 5.41) is 3.06. The van der Waals surface area contributed by atoms with Crippen LogP contribution in [0.15, 0.2) is 66.9 Å². The quantitative estimate of drug-likeness (QED) is 0.214.